The van der Waals surface area contributed by atoms with Crippen molar-refractivity contribution in [2.75, 3.05) is 20.2 Å². The molecule has 0 saturated carbocycles. The summed E-state index contributed by atoms with van der Waals surface area (Å²) in [7, 11) is 1.39. The summed E-state index contributed by atoms with van der Waals surface area (Å²) in [6.45, 7) is 3.15. The highest BCUT2D eigenvalue weighted by Crippen LogP contribution is 2.19. The van der Waals surface area contributed by atoms with Crippen LogP contribution >= 0.6 is 0 Å². The Hall–Kier alpha value is -1.10. The lowest BCUT2D eigenvalue weighted by atomic mass is 9.97. The zero-order chi connectivity index (χ0) is 11.4. The summed E-state index contributed by atoms with van der Waals surface area (Å²) in [5.74, 6) is -0.664. The number of primary amides is 1. The molecule has 0 aliphatic carbocycles. The molecule has 15 heavy (non-hydrogen) atoms. The van der Waals surface area contributed by atoms with Gasteiger partial charge in [-0.3, -0.25) is 14.5 Å². The first-order valence-corrected chi connectivity index (χ1v) is 5.17. The number of hydrogen-bond acceptors (Lipinski definition) is 4. The van der Waals surface area contributed by atoms with Crippen LogP contribution in [0, 0.1) is 5.92 Å². The molecule has 0 radical (unpaired) electrons. The molecule has 0 aromatic rings. The molecule has 1 fully saturated rings. The van der Waals surface area contributed by atoms with Crippen LogP contribution in [-0.2, 0) is 14.3 Å². The van der Waals surface area contributed by atoms with Crippen LogP contribution in [0.25, 0.3) is 0 Å². The minimum Gasteiger partial charge on any atom is -0.469 e. The molecule has 1 aliphatic heterocycles. The van der Waals surface area contributed by atoms with Crippen LogP contribution in [0.3, 0.4) is 0 Å². The number of esters is 1. The molecular formula is C10H18N2O3. The van der Waals surface area contributed by atoms with Crippen molar-refractivity contribution in [2.45, 2.75) is 25.8 Å². The van der Waals surface area contributed by atoms with Gasteiger partial charge in [0.05, 0.1) is 19.1 Å². The summed E-state index contributed by atoms with van der Waals surface area (Å²) in [6.07, 6.45) is 1.73. The number of likely N-dealkylation sites (tertiary alicyclic amines) is 1. The number of carbonyl (C=O) groups excluding carboxylic acids is 2. The second kappa shape index (κ2) is 5.11. The van der Waals surface area contributed by atoms with Gasteiger partial charge in [0.2, 0.25) is 5.91 Å². The standard InChI is InChI=1S/C10H18N2O3/c1-7(9(11)13)12-5-3-4-8(6-12)10(14)15-2/h7-8H,3-6H2,1-2H3,(H2,11,13). The van der Waals surface area contributed by atoms with Crippen LogP contribution in [0.15, 0.2) is 0 Å². The molecule has 2 atom stereocenters. The summed E-state index contributed by atoms with van der Waals surface area (Å²) in [6, 6.07) is -0.308. The third-order valence-corrected chi connectivity index (χ3v) is 2.95. The molecular weight excluding hydrogens is 196 g/mol. The number of ether oxygens (including phenoxy) is 1. The van der Waals surface area contributed by atoms with E-state index in [2.05, 4.69) is 0 Å². The van der Waals surface area contributed by atoms with Gasteiger partial charge in [-0.25, -0.2) is 0 Å². The quantitative estimate of drug-likeness (QED) is 0.657. The number of amides is 1. The smallest absolute Gasteiger partial charge is 0.309 e. The van der Waals surface area contributed by atoms with Crippen molar-refractivity contribution < 1.29 is 14.3 Å². The molecule has 0 aromatic heterocycles. The Kier molecular flexibility index (Phi) is 4.08. The van der Waals surface area contributed by atoms with Crippen LogP contribution in [0.1, 0.15) is 19.8 Å². The predicted octanol–water partition coefficient (Wildman–Crippen LogP) is -0.255. The topological polar surface area (TPSA) is 72.6 Å². The minimum absolute atomic E-state index is 0.120. The monoisotopic (exact) mass is 214 g/mol. The number of hydrogen-bond donors (Lipinski definition) is 1. The van der Waals surface area contributed by atoms with E-state index in [1.165, 1.54) is 7.11 Å². The van der Waals surface area contributed by atoms with Crippen LogP contribution in [0.5, 0.6) is 0 Å². The van der Waals surface area contributed by atoms with E-state index < -0.39 is 0 Å². The fourth-order valence-electron chi connectivity index (χ4n) is 1.90. The van der Waals surface area contributed by atoms with Crippen LogP contribution < -0.4 is 5.73 Å². The Labute approximate surface area is 89.6 Å². The number of carbonyl (C=O) groups is 2. The SMILES string of the molecule is COC(=O)C1CCCN(C(C)C(N)=O)C1. The average Bonchev–Trinajstić information content (AvgIpc) is 2.27. The maximum Gasteiger partial charge on any atom is 0.309 e. The number of rotatable bonds is 3. The van der Waals surface area contributed by atoms with Crippen LogP contribution in [0.2, 0.25) is 0 Å². The third-order valence-electron chi connectivity index (χ3n) is 2.95. The molecule has 0 spiro atoms. The summed E-state index contributed by atoms with van der Waals surface area (Å²) in [5.41, 5.74) is 5.22. The molecule has 1 saturated heterocycles. The van der Waals surface area contributed by atoms with E-state index in [4.69, 9.17) is 10.5 Å². The van der Waals surface area contributed by atoms with Crippen LogP contribution in [-0.4, -0.2) is 43.0 Å². The molecule has 5 nitrogen and oxygen atoms in total. The molecule has 0 aromatic carbocycles. The van der Waals surface area contributed by atoms with Gasteiger partial charge in [-0.05, 0) is 26.3 Å². The number of nitrogens with two attached hydrogens (primary N) is 1. The first-order valence-electron chi connectivity index (χ1n) is 5.17. The van der Waals surface area contributed by atoms with Crippen molar-refractivity contribution in [1.29, 1.82) is 0 Å². The van der Waals surface area contributed by atoms with Gasteiger partial charge >= 0.3 is 5.97 Å². The van der Waals surface area contributed by atoms with Gasteiger partial charge in [0.1, 0.15) is 0 Å². The van der Waals surface area contributed by atoms with E-state index in [1.54, 1.807) is 6.92 Å². The molecule has 0 bridgehead atoms. The van der Waals surface area contributed by atoms with E-state index in [-0.39, 0.29) is 23.8 Å². The first kappa shape index (κ1) is 12.0. The van der Waals surface area contributed by atoms with Crippen molar-refractivity contribution in [2.24, 2.45) is 11.7 Å². The van der Waals surface area contributed by atoms with Gasteiger partial charge < -0.3 is 10.5 Å². The van der Waals surface area contributed by atoms with E-state index in [1.807, 2.05) is 4.90 Å². The Morgan fingerprint density at radius 3 is 2.73 bits per heavy atom. The lowest BCUT2D eigenvalue weighted by Crippen LogP contribution is -2.48. The summed E-state index contributed by atoms with van der Waals surface area (Å²) in [5, 5.41) is 0. The minimum atomic E-state index is -0.347. The van der Waals surface area contributed by atoms with Gasteiger partial charge in [-0.15, -0.1) is 0 Å². The van der Waals surface area contributed by atoms with Gasteiger partial charge in [-0.1, -0.05) is 0 Å². The highest BCUT2D eigenvalue weighted by molar-refractivity contribution is 5.79. The molecule has 5 heteroatoms. The second-order valence-corrected chi connectivity index (χ2v) is 3.94. The lowest BCUT2D eigenvalue weighted by Gasteiger charge is -2.34. The van der Waals surface area contributed by atoms with Crippen molar-refractivity contribution in [3.63, 3.8) is 0 Å². The van der Waals surface area contributed by atoms with E-state index in [0.717, 1.165) is 19.4 Å². The van der Waals surface area contributed by atoms with E-state index in [0.29, 0.717) is 6.54 Å². The van der Waals surface area contributed by atoms with Crippen molar-refractivity contribution in [1.82, 2.24) is 4.90 Å². The third kappa shape index (κ3) is 2.92. The largest absolute Gasteiger partial charge is 0.469 e. The summed E-state index contributed by atoms with van der Waals surface area (Å²) in [4.78, 5) is 24.3. The van der Waals surface area contributed by atoms with Gasteiger partial charge in [-0.2, -0.15) is 0 Å². The number of methoxy groups -OCH3 is 1. The maximum absolute atomic E-state index is 11.3. The zero-order valence-corrected chi connectivity index (χ0v) is 9.23. The normalized spacial score (nSPS) is 24.5. The Morgan fingerprint density at radius 2 is 2.20 bits per heavy atom. The molecule has 86 valence electrons. The molecule has 1 heterocycles. The maximum atomic E-state index is 11.3. The molecule has 2 N–H and O–H groups in total. The molecule has 1 amide bonds. The van der Waals surface area contributed by atoms with Crippen molar-refractivity contribution >= 4 is 11.9 Å². The Balaban J connectivity index is 2.56. The predicted molar refractivity (Wildman–Crippen MR) is 55.0 cm³/mol. The Morgan fingerprint density at radius 1 is 1.53 bits per heavy atom. The van der Waals surface area contributed by atoms with E-state index in [9.17, 15) is 9.59 Å². The van der Waals surface area contributed by atoms with Gasteiger partial charge in [0.25, 0.3) is 0 Å². The summed E-state index contributed by atoms with van der Waals surface area (Å²) < 4.78 is 4.70. The fraction of sp³-hybridized carbons (Fsp3) is 0.800. The highest BCUT2D eigenvalue weighted by atomic mass is 16.5. The van der Waals surface area contributed by atoms with E-state index >= 15 is 0 Å². The van der Waals surface area contributed by atoms with Gasteiger partial charge in [0.15, 0.2) is 0 Å². The second-order valence-electron chi connectivity index (χ2n) is 3.94. The fourth-order valence-corrected chi connectivity index (χ4v) is 1.90. The highest BCUT2D eigenvalue weighted by Gasteiger charge is 2.30. The number of nitrogens with zero attached hydrogens (tertiary/aromatic N) is 1. The average molecular weight is 214 g/mol. The molecule has 1 rings (SSSR count). The summed E-state index contributed by atoms with van der Waals surface area (Å²) >= 11 is 0. The lowest BCUT2D eigenvalue weighted by molar-refractivity contribution is -0.148. The van der Waals surface area contributed by atoms with Gasteiger partial charge in [0, 0.05) is 6.54 Å². The van der Waals surface area contributed by atoms with Crippen LogP contribution in [0.4, 0.5) is 0 Å². The molecule has 1 aliphatic rings. The van der Waals surface area contributed by atoms with Crippen molar-refractivity contribution in [3.05, 3.63) is 0 Å². The first-order chi connectivity index (χ1) is 7.06. The molecule has 2 unspecified atom stereocenters. The van der Waals surface area contributed by atoms with Crippen molar-refractivity contribution in [3.8, 4) is 0 Å². The number of piperidine rings is 1. The zero-order valence-electron chi connectivity index (χ0n) is 9.23. The Bertz CT molecular complexity index is 255.